The van der Waals surface area contributed by atoms with Crippen LogP contribution in [0.15, 0.2) is 41.3 Å². The Morgan fingerprint density at radius 1 is 0.911 bits per heavy atom. The smallest absolute Gasteiger partial charge is 0.276 e. The molecule has 0 atom stereocenters. The lowest BCUT2D eigenvalue weighted by molar-refractivity contribution is -0.129. The summed E-state index contributed by atoms with van der Waals surface area (Å²) >= 11 is 6.26. The van der Waals surface area contributed by atoms with Gasteiger partial charge in [-0.2, -0.15) is 4.31 Å². The molecule has 2 saturated carbocycles. The van der Waals surface area contributed by atoms with Gasteiger partial charge in [-0.05, 0) is 81.3 Å². The van der Waals surface area contributed by atoms with Crippen molar-refractivity contribution < 1.29 is 26.8 Å². The van der Waals surface area contributed by atoms with Crippen molar-refractivity contribution >= 4 is 44.9 Å². The van der Waals surface area contributed by atoms with Gasteiger partial charge in [-0.1, -0.05) is 24.4 Å². The Morgan fingerprint density at radius 3 is 2.20 bits per heavy atom. The molecule has 3 heterocycles. The molecule has 1 aromatic heterocycles. The number of aromatic nitrogens is 1. The molecule has 244 valence electrons. The van der Waals surface area contributed by atoms with Gasteiger partial charge in [0.2, 0.25) is 21.8 Å². The third kappa shape index (κ3) is 6.83. The van der Waals surface area contributed by atoms with Crippen LogP contribution in [0.1, 0.15) is 69.8 Å². The molecule has 4 fully saturated rings. The van der Waals surface area contributed by atoms with Crippen LogP contribution in [0.2, 0.25) is 5.15 Å². The number of halogens is 3. The maximum absolute atomic E-state index is 15.9. The second-order valence-corrected chi connectivity index (χ2v) is 15.1. The highest BCUT2D eigenvalue weighted by Crippen LogP contribution is 2.46. The highest BCUT2D eigenvalue weighted by molar-refractivity contribution is 7.89. The van der Waals surface area contributed by atoms with E-state index in [2.05, 4.69) is 10.3 Å². The van der Waals surface area contributed by atoms with Gasteiger partial charge < -0.3 is 15.1 Å². The first-order valence-electron chi connectivity index (χ1n) is 16.0. The van der Waals surface area contributed by atoms with Crippen molar-refractivity contribution in [1.82, 2.24) is 14.6 Å². The molecule has 2 aliphatic carbocycles. The van der Waals surface area contributed by atoms with Gasteiger partial charge in [0.15, 0.2) is 0 Å². The number of alkyl halides is 2. The van der Waals surface area contributed by atoms with Crippen molar-refractivity contribution in [2.75, 3.05) is 42.5 Å². The lowest BCUT2D eigenvalue weighted by atomic mass is 9.77. The molecule has 9 nitrogen and oxygen atoms in total. The molecule has 1 aromatic carbocycles. The molecular weight excluding hydrogens is 624 g/mol. The van der Waals surface area contributed by atoms with Gasteiger partial charge in [0, 0.05) is 68.3 Å². The average Bonchev–Trinajstić information content (AvgIpc) is 3.72. The Hall–Kier alpha value is -2.83. The third-order valence-corrected chi connectivity index (χ3v) is 12.0. The summed E-state index contributed by atoms with van der Waals surface area (Å²) in [6.45, 7) is 1.46. The Bertz CT molecular complexity index is 1500. The molecule has 2 saturated heterocycles. The number of carbonyl (C=O) groups is 2. The first-order valence-corrected chi connectivity index (χ1v) is 17.9. The van der Waals surface area contributed by atoms with Crippen LogP contribution in [0.3, 0.4) is 0 Å². The van der Waals surface area contributed by atoms with Gasteiger partial charge >= 0.3 is 0 Å². The third-order valence-electron chi connectivity index (χ3n) is 9.90. The number of hydrogen-bond donors (Lipinski definition) is 1. The molecule has 1 N–H and O–H groups in total. The van der Waals surface area contributed by atoms with Gasteiger partial charge in [-0.25, -0.2) is 22.2 Å². The van der Waals surface area contributed by atoms with E-state index in [-0.39, 0.29) is 78.4 Å². The van der Waals surface area contributed by atoms with E-state index < -0.39 is 21.9 Å². The van der Waals surface area contributed by atoms with Crippen LogP contribution in [0.5, 0.6) is 0 Å². The fourth-order valence-corrected chi connectivity index (χ4v) is 8.83. The van der Waals surface area contributed by atoms with Crippen molar-refractivity contribution in [3.63, 3.8) is 0 Å². The number of nitrogens with one attached hydrogen (secondary N) is 1. The minimum absolute atomic E-state index is 0.00496. The molecule has 0 radical (unpaired) electrons. The van der Waals surface area contributed by atoms with Gasteiger partial charge in [0.05, 0.1) is 4.90 Å². The second-order valence-electron chi connectivity index (χ2n) is 12.7. The van der Waals surface area contributed by atoms with Gasteiger partial charge in [-0.3, -0.25) is 9.59 Å². The number of nitrogens with zero attached hydrogens (tertiary/aromatic N) is 4. The summed E-state index contributed by atoms with van der Waals surface area (Å²) in [4.78, 5) is 32.6. The maximum Gasteiger partial charge on any atom is 0.276 e. The number of pyridine rings is 1. The normalized spacial score (nSPS) is 23.9. The summed E-state index contributed by atoms with van der Waals surface area (Å²) in [5.41, 5.74) is 0.474. The topological polar surface area (TPSA) is 103 Å². The van der Waals surface area contributed by atoms with Gasteiger partial charge in [0.1, 0.15) is 11.0 Å². The summed E-state index contributed by atoms with van der Waals surface area (Å²) in [5.74, 6) is -3.97. The summed E-state index contributed by atoms with van der Waals surface area (Å²) in [6.07, 6.45) is 6.85. The molecule has 0 bridgehead atoms. The highest BCUT2D eigenvalue weighted by atomic mass is 35.5. The van der Waals surface area contributed by atoms with E-state index in [1.165, 1.54) is 28.6 Å². The van der Waals surface area contributed by atoms with Crippen LogP contribution in [0, 0.1) is 11.8 Å². The second kappa shape index (κ2) is 13.1. The molecule has 2 amide bonds. The zero-order valence-electron chi connectivity index (χ0n) is 25.3. The molecule has 6 rings (SSSR count). The number of carbonyl (C=O) groups excluding carboxylic acids is 2. The monoisotopic (exact) mass is 663 g/mol. The predicted molar refractivity (Wildman–Crippen MR) is 168 cm³/mol. The van der Waals surface area contributed by atoms with Crippen molar-refractivity contribution in [2.24, 2.45) is 11.8 Å². The summed E-state index contributed by atoms with van der Waals surface area (Å²) in [7, 11) is -3.78. The summed E-state index contributed by atoms with van der Waals surface area (Å²) < 4.78 is 59.8. The minimum atomic E-state index is -3.78. The molecule has 13 heteroatoms. The molecule has 2 aliphatic heterocycles. The van der Waals surface area contributed by atoms with Crippen LogP contribution >= 0.6 is 11.6 Å². The standard InChI is InChI=1S/C32H40ClF2N5O4S/c33-28-20-24(32(34,35)23-9-7-22(8-10-23)31(42)36-25-4-1-2-5-25)21-29(37-28)38-16-18-39(19-17-38)45(43,44)27-13-11-26(12-14-27)40-15-3-6-30(40)41/h11-14,20-23,25H,1-10,15-19H2,(H,36,42). The van der Waals surface area contributed by atoms with E-state index in [0.717, 1.165) is 32.1 Å². The van der Waals surface area contributed by atoms with E-state index in [9.17, 15) is 18.0 Å². The Kier molecular flexibility index (Phi) is 9.36. The number of anilines is 2. The zero-order chi connectivity index (χ0) is 31.8. The first kappa shape index (κ1) is 32.1. The first-order chi connectivity index (χ1) is 21.5. The minimum Gasteiger partial charge on any atom is -0.354 e. The molecule has 4 aliphatic rings. The molecule has 45 heavy (non-hydrogen) atoms. The van der Waals surface area contributed by atoms with Gasteiger partial charge in [0.25, 0.3) is 5.92 Å². The fourth-order valence-electron chi connectivity index (χ4n) is 7.21. The Balaban J connectivity index is 1.07. The fraction of sp³-hybridized carbons (Fsp3) is 0.594. The Labute approximate surface area is 268 Å². The van der Waals surface area contributed by atoms with E-state index >= 15 is 8.78 Å². The van der Waals surface area contributed by atoms with E-state index in [0.29, 0.717) is 37.3 Å². The molecule has 0 spiro atoms. The lowest BCUT2D eigenvalue weighted by Crippen LogP contribution is -2.49. The quantitative estimate of drug-likeness (QED) is 0.383. The Morgan fingerprint density at radius 2 is 1.58 bits per heavy atom. The number of hydrogen-bond acceptors (Lipinski definition) is 6. The zero-order valence-corrected chi connectivity index (χ0v) is 26.8. The number of benzene rings is 1. The summed E-state index contributed by atoms with van der Waals surface area (Å²) in [5, 5.41) is 3.07. The molecule has 0 unspecified atom stereocenters. The number of amides is 2. The van der Waals surface area contributed by atoms with Gasteiger partial charge in [-0.15, -0.1) is 0 Å². The van der Waals surface area contributed by atoms with Crippen LogP contribution < -0.4 is 15.1 Å². The number of rotatable bonds is 8. The number of sulfonamides is 1. The molecular formula is C32H40ClF2N5O4S. The predicted octanol–water partition coefficient (Wildman–Crippen LogP) is 5.33. The van der Waals surface area contributed by atoms with Crippen molar-refractivity contribution in [1.29, 1.82) is 0 Å². The van der Waals surface area contributed by atoms with Crippen LogP contribution in [-0.4, -0.2) is 68.3 Å². The van der Waals surface area contributed by atoms with Crippen molar-refractivity contribution in [2.45, 2.75) is 81.1 Å². The molecule has 2 aromatic rings. The average molecular weight is 664 g/mol. The number of piperazine rings is 1. The van der Waals surface area contributed by atoms with Crippen LogP contribution in [-0.2, 0) is 25.5 Å². The van der Waals surface area contributed by atoms with E-state index in [4.69, 9.17) is 11.6 Å². The summed E-state index contributed by atoms with van der Waals surface area (Å²) in [6, 6.07) is 9.15. The largest absolute Gasteiger partial charge is 0.354 e. The van der Waals surface area contributed by atoms with Crippen LogP contribution in [0.4, 0.5) is 20.3 Å². The SMILES string of the molecule is O=C(NC1CCCC1)C1CCC(C(F)(F)c2cc(Cl)nc(N3CCN(S(=O)(=O)c4ccc(N5CCCC5=O)cc4)CC3)c2)CC1. The highest BCUT2D eigenvalue weighted by Gasteiger charge is 2.45. The lowest BCUT2D eigenvalue weighted by Gasteiger charge is -2.36. The van der Waals surface area contributed by atoms with E-state index in [1.807, 2.05) is 0 Å². The van der Waals surface area contributed by atoms with E-state index in [1.54, 1.807) is 21.9 Å². The van der Waals surface area contributed by atoms with Crippen LogP contribution in [0.25, 0.3) is 0 Å². The van der Waals surface area contributed by atoms with Crippen molar-refractivity contribution in [3.05, 3.63) is 47.1 Å². The van der Waals surface area contributed by atoms with Crippen molar-refractivity contribution in [3.8, 4) is 0 Å². The maximum atomic E-state index is 15.9.